The summed E-state index contributed by atoms with van der Waals surface area (Å²) in [7, 11) is 0. The maximum Gasteiger partial charge on any atom is 0.248 e. The number of guanidine groups is 1. The van der Waals surface area contributed by atoms with Crippen LogP contribution in [-0.4, -0.2) is 33.8 Å². The molecule has 132 valence electrons. The summed E-state index contributed by atoms with van der Waals surface area (Å²) >= 11 is 0. The number of nitrogens with one attached hydrogen (secondary N) is 2. The molecule has 3 rings (SSSR count). The highest BCUT2D eigenvalue weighted by Gasteiger charge is 2.03. The van der Waals surface area contributed by atoms with E-state index in [1.165, 1.54) is 10.9 Å². The Kier molecular flexibility index (Phi) is 5.66. The molecule has 0 saturated carbocycles. The third-order valence-electron chi connectivity index (χ3n) is 3.83. The van der Waals surface area contributed by atoms with Gasteiger partial charge >= 0.3 is 0 Å². The number of hydrogen-bond donors (Lipinski definition) is 2. The van der Waals surface area contributed by atoms with Crippen molar-refractivity contribution in [2.75, 3.05) is 13.1 Å². The van der Waals surface area contributed by atoms with E-state index in [0.717, 1.165) is 32.0 Å². The topological polar surface area (TPSA) is 80.3 Å². The number of benzene rings is 1. The zero-order valence-corrected chi connectivity index (χ0v) is 14.7. The van der Waals surface area contributed by atoms with Crippen molar-refractivity contribution in [3.05, 3.63) is 48.2 Å². The highest BCUT2D eigenvalue weighted by molar-refractivity contribution is 5.80. The molecule has 0 saturated heterocycles. The Hall–Kier alpha value is -2.83. The molecule has 0 aliphatic heterocycles. The molecule has 0 bridgehead atoms. The first-order chi connectivity index (χ1) is 12.3. The van der Waals surface area contributed by atoms with Crippen molar-refractivity contribution in [1.29, 1.82) is 0 Å². The van der Waals surface area contributed by atoms with Crippen molar-refractivity contribution in [3.8, 4) is 0 Å². The van der Waals surface area contributed by atoms with Gasteiger partial charge < -0.3 is 19.7 Å². The van der Waals surface area contributed by atoms with E-state index in [4.69, 9.17) is 4.52 Å². The summed E-state index contributed by atoms with van der Waals surface area (Å²) in [6.07, 6.45) is 3.14. The summed E-state index contributed by atoms with van der Waals surface area (Å²) in [4.78, 5) is 8.63. The summed E-state index contributed by atoms with van der Waals surface area (Å²) in [5, 5.41) is 11.6. The van der Waals surface area contributed by atoms with Crippen LogP contribution >= 0.6 is 0 Å². The van der Waals surface area contributed by atoms with Gasteiger partial charge in [-0.05, 0) is 37.8 Å². The lowest BCUT2D eigenvalue weighted by molar-refractivity contribution is 0.376. The van der Waals surface area contributed by atoms with E-state index in [1.807, 2.05) is 6.92 Å². The SMILES string of the molecule is CCNC(=NCc1nc(C)no1)NCCCn1ccc2ccccc21. The van der Waals surface area contributed by atoms with Gasteiger partial charge in [0.2, 0.25) is 5.89 Å². The van der Waals surface area contributed by atoms with Crippen molar-refractivity contribution in [1.82, 2.24) is 25.3 Å². The molecule has 2 N–H and O–H groups in total. The first-order valence-corrected chi connectivity index (χ1v) is 8.61. The molecule has 7 nitrogen and oxygen atoms in total. The van der Waals surface area contributed by atoms with Crippen molar-refractivity contribution in [2.45, 2.75) is 33.4 Å². The number of fused-ring (bicyclic) bond motifs is 1. The Morgan fingerprint density at radius 3 is 2.92 bits per heavy atom. The minimum atomic E-state index is 0.373. The number of aromatic nitrogens is 3. The van der Waals surface area contributed by atoms with E-state index in [0.29, 0.717) is 18.3 Å². The Balaban J connectivity index is 1.49. The van der Waals surface area contributed by atoms with Gasteiger partial charge in [-0.2, -0.15) is 4.98 Å². The largest absolute Gasteiger partial charge is 0.357 e. The zero-order chi connectivity index (χ0) is 17.5. The molecular weight excluding hydrogens is 316 g/mol. The van der Waals surface area contributed by atoms with Gasteiger partial charge in [-0.3, -0.25) is 0 Å². The van der Waals surface area contributed by atoms with Crippen molar-refractivity contribution in [3.63, 3.8) is 0 Å². The van der Waals surface area contributed by atoms with Gasteiger partial charge in [-0.1, -0.05) is 23.4 Å². The van der Waals surface area contributed by atoms with Crippen molar-refractivity contribution in [2.24, 2.45) is 4.99 Å². The smallest absolute Gasteiger partial charge is 0.248 e. The monoisotopic (exact) mass is 340 g/mol. The minimum absolute atomic E-state index is 0.373. The van der Waals surface area contributed by atoms with Crippen LogP contribution in [0.15, 0.2) is 46.0 Å². The van der Waals surface area contributed by atoms with Gasteiger partial charge in [0.1, 0.15) is 6.54 Å². The second kappa shape index (κ2) is 8.32. The summed E-state index contributed by atoms with van der Waals surface area (Å²) < 4.78 is 7.36. The quantitative estimate of drug-likeness (QED) is 0.392. The third-order valence-corrected chi connectivity index (χ3v) is 3.83. The minimum Gasteiger partial charge on any atom is -0.357 e. The number of nitrogens with zero attached hydrogens (tertiary/aromatic N) is 4. The maximum atomic E-state index is 5.08. The third kappa shape index (κ3) is 4.59. The van der Waals surface area contributed by atoms with Crippen LogP contribution < -0.4 is 10.6 Å². The van der Waals surface area contributed by atoms with Crippen LogP contribution in [0.2, 0.25) is 0 Å². The van der Waals surface area contributed by atoms with Gasteiger partial charge in [-0.25, -0.2) is 4.99 Å². The number of aryl methyl sites for hydroxylation is 2. The number of para-hydroxylation sites is 1. The molecule has 2 aromatic heterocycles. The van der Waals surface area contributed by atoms with Gasteiger partial charge in [0.05, 0.1) is 0 Å². The normalized spacial score (nSPS) is 11.8. The standard InChI is InChI=1S/C18H24N6O/c1-3-19-18(21-13-17-22-14(2)23-25-17)20-10-6-11-24-12-9-15-7-4-5-8-16(15)24/h4-5,7-9,12H,3,6,10-11,13H2,1-2H3,(H2,19,20,21). The lowest BCUT2D eigenvalue weighted by Crippen LogP contribution is -2.38. The molecule has 0 spiro atoms. The van der Waals surface area contributed by atoms with E-state index < -0.39 is 0 Å². The van der Waals surface area contributed by atoms with Gasteiger partial charge in [0, 0.05) is 31.3 Å². The molecule has 1 aromatic carbocycles. The van der Waals surface area contributed by atoms with Crippen molar-refractivity contribution < 1.29 is 4.52 Å². The number of rotatable bonds is 7. The lowest BCUT2D eigenvalue weighted by Gasteiger charge is -2.11. The van der Waals surface area contributed by atoms with Gasteiger partial charge in [0.15, 0.2) is 11.8 Å². The average Bonchev–Trinajstić information content (AvgIpc) is 3.22. The fourth-order valence-corrected chi connectivity index (χ4v) is 2.68. The maximum absolute atomic E-state index is 5.08. The molecule has 0 atom stereocenters. The molecule has 0 amide bonds. The second-order valence-corrected chi connectivity index (χ2v) is 5.78. The zero-order valence-electron chi connectivity index (χ0n) is 14.7. The molecule has 0 fully saturated rings. The highest BCUT2D eigenvalue weighted by atomic mass is 16.5. The van der Waals surface area contributed by atoms with Crippen LogP contribution in [-0.2, 0) is 13.1 Å². The summed E-state index contributed by atoms with van der Waals surface area (Å²) in [6, 6.07) is 10.6. The van der Waals surface area contributed by atoms with E-state index in [2.05, 4.69) is 66.9 Å². The molecule has 0 unspecified atom stereocenters. The molecule has 7 heteroatoms. The van der Waals surface area contributed by atoms with E-state index in [1.54, 1.807) is 6.92 Å². The Morgan fingerprint density at radius 2 is 2.12 bits per heavy atom. The van der Waals surface area contributed by atoms with Crippen LogP contribution in [0.5, 0.6) is 0 Å². The predicted molar refractivity (Wildman–Crippen MR) is 98.4 cm³/mol. The van der Waals surface area contributed by atoms with Gasteiger partial charge in [-0.15, -0.1) is 0 Å². The molecule has 0 aliphatic rings. The molecule has 0 radical (unpaired) electrons. The Bertz CT molecular complexity index is 835. The Labute approximate surface area is 147 Å². The molecule has 0 aliphatic carbocycles. The fraction of sp³-hybridized carbons (Fsp3) is 0.389. The molecule has 2 heterocycles. The molecule has 25 heavy (non-hydrogen) atoms. The van der Waals surface area contributed by atoms with Crippen LogP contribution in [0.3, 0.4) is 0 Å². The second-order valence-electron chi connectivity index (χ2n) is 5.78. The first-order valence-electron chi connectivity index (χ1n) is 8.61. The highest BCUT2D eigenvalue weighted by Crippen LogP contribution is 2.15. The fourth-order valence-electron chi connectivity index (χ4n) is 2.68. The average molecular weight is 340 g/mol. The summed E-state index contributed by atoms with van der Waals surface area (Å²) in [5.41, 5.74) is 1.27. The van der Waals surface area contributed by atoms with Gasteiger partial charge in [0.25, 0.3) is 0 Å². The predicted octanol–water partition coefficient (Wildman–Crippen LogP) is 2.48. The van der Waals surface area contributed by atoms with E-state index >= 15 is 0 Å². The first kappa shape index (κ1) is 17.0. The van der Waals surface area contributed by atoms with Crippen LogP contribution in [0.1, 0.15) is 25.1 Å². The number of hydrogen-bond acceptors (Lipinski definition) is 4. The Morgan fingerprint density at radius 1 is 1.24 bits per heavy atom. The molecular formula is C18H24N6O. The molecule has 3 aromatic rings. The van der Waals surface area contributed by atoms with Crippen molar-refractivity contribution >= 4 is 16.9 Å². The van der Waals surface area contributed by atoms with E-state index in [9.17, 15) is 0 Å². The van der Waals surface area contributed by atoms with E-state index in [-0.39, 0.29) is 0 Å². The lowest BCUT2D eigenvalue weighted by atomic mass is 10.2. The summed E-state index contributed by atoms with van der Waals surface area (Å²) in [5.74, 6) is 1.91. The summed E-state index contributed by atoms with van der Waals surface area (Å²) in [6.45, 7) is 6.81. The van der Waals surface area contributed by atoms with Crippen LogP contribution in [0.4, 0.5) is 0 Å². The van der Waals surface area contributed by atoms with Crippen LogP contribution in [0, 0.1) is 6.92 Å². The van der Waals surface area contributed by atoms with Crippen LogP contribution in [0.25, 0.3) is 10.9 Å². The number of aliphatic imine (C=N–C) groups is 1.